The Kier molecular flexibility index (Phi) is 9.42. The number of hydrogen-bond donors (Lipinski definition) is 2. The lowest BCUT2D eigenvalue weighted by molar-refractivity contribution is 0.581. The average Bonchev–Trinajstić information content (AvgIpc) is 2.94. The number of aliphatic imine (C=N–C) groups is 1. The maximum atomic E-state index is 11.3. The maximum absolute atomic E-state index is 11.3. The molecule has 0 saturated heterocycles. The minimum atomic E-state index is -2.97. The second kappa shape index (κ2) is 10.8. The molecule has 1 unspecified atom stereocenters. The van der Waals surface area contributed by atoms with Crippen LogP contribution in [0.4, 0.5) is 0 Å². The van der Waals surface area contributed by atoms with E-state index in [0.29, 0.717) is 18.9 Å². The third kappa shape index (κ3) is 7.42. The van der Waals surface area contributed by atoms with Gasteiger partial charge in [0.25, 0.3) is 0 Å². The van der Waals surface area contributed by atoms with E-state index in [1.165, 1.54) is 6.26 Å². The van der Waals surface area contributed by atoms with Crippen molar-refractivity contribution in [3.63, 3.8) is 0 Å². The third-order valence-corrected chi connectivity index (χ3v) is 5.18. The number of benzene rings is 1. The second-order valence-corrected chi connectivity index (χ2v) is 9.12. The zero-order valence-corrected chi connectivity index (χ0v) is 20.2. The first-order chi connectivity index (χ1) is 12.7. The summed E-state index contributed by atoms with van der Waals surface area (Å²) in [6.07, 6.45) is 1.78. The third-order valence-electron chi connectivity index (χ3n) is 4.20. The minimum absolute atomic E-state index is 0. The Bertz CT molecular complexity index is 909. The van der Waals surface area contributed by atoms with Gasteiger partial charge in [-0.15, -0.1) is 24.0 Å². The molecular weight excluding hydrogens is 489 g/mol. The van der Waals surface area contributed by atoms with Gasteiger partial charge in [-0.2, -0.15) is 5.10 Å². The largest absolute Gasteiger partial charge is 0.354 e. The lowest BCUT2D eigenvalue weighted by Crippen LogP contribution is -2.42. The highest BCUT2D eigenvalue weighted by Gasteiger charge is 2.11. The summed E-state index contributed by atoms with van der Waals surface area (Å²) in [5.41, 5.74) is 4.18. The van der Waals surface area contributed by atoms with Crippen molar-refractivity contribution in [1.82, 2.24) is 20.4 Å². The molecule has 0 radical (unpaired) electrons. The molecule has 0 spiro atoms. The Morgan fingerprint density at radius 1 is 1.29 bits per heavy atom. The highest BCUT2D eigenvalue weighted by molar-refractivity contribution is 14.0. The SMILES string of the molecule is CN=C(NCc1ccccc1-n1nc(C)cc1C)NC(C)CCS(C)(=O)=O.I. The number of rotatable bonds is 7. The fraction of sp³-hybridized carbons (Fsp3) is 0.474. The molecular formula is C19H30IN5O2S. The molecule has 0 aliphatic carbocycles. The van der Waals surface area contributed by atoms with Crippen molar-refractivity contribution < 1.29 is 8.42 Å². The molecule has 2 rings (SSSR count). The van der Waals surface area contributed by atoms with Crippen molar-refractivity contribution in [2.45, 2.75) is 39.8 Å². The Labute approximate surface area is 185 Å². The Morgan fingerprint density at radius 3 is 2.54 bits per heavy atom. The Hall–Kier alpha value is -1.62. The van der Waals surface area contributed by atoms with Crippen molar-refractivity contribution in [3.8, 4) is 5.69 Å². The molecule has 0 aliphatic rings. The van der Waals surface area contributed by atoms with Gasteiger partial charge < -0.3 is 10.6 Å². The van der Waals surface area contributed by atoms with E-state index >= 15 is 0 Å². The molecule has 2 aromatic rings. The molecule has 0 bridgehead atoms. The second-order valence-electron chi connectivity index (χ2n) is 6.86. The van der Waals surface area contributed by atoms with E-state index in [0.717, 1.165) is 22.6 Å². The molecule has 156 valence electrons. The highest BCUT2D eigenvalue weighted by atomic mass is 127. The molecule has 28 heavy (non-hydrogen) atoms. The number of aryl methyl sites for hydroxylation is 2. The van der Waals surface area contributed by atoms with Gasteiger partial charge in [0.2, 0.25) is 0 Å². The summed E-state index contributed by atoms with van der Waals surface area (Å²) in [7, 11) is -1.27. The van der Waals surface area contributed by atoms with Gasteiger partial charge in [0.05, 0.1) is 17.1 Å². The molecule has 2 N–H and O–H groups in total. The summed E-state index contributed by atoms with van der Waals surface area (Å²) in [5, 5.41) is 11.1. The number of halogens is 1. The topological polar surface area (TPSA) is 88.4 Å². The Morgan fingerprint density at radius 2 is 1.96 bits per heavy atom. The Balaban J connectivity index is 0.00000392. The summed E-state index contributed by atoms with van der Waals surface area (Å²) in [5.74, 6) is 0.790. The van der Waals surface area contributed by atoms with Crippen molar-refractivity contribution in [1.29, 1.82) is 0 Å². The average molecular weight is 519 g/mol. The summed E-state index contributed by atoms with van der Waals surface area (Å²) < 4.78 is 24.6. The first-order valence-electron chi connectivity index (χ1n) is 8.96. The maximum Gasteiger partial charge on any atom is 0.191 e. The van der Waals surface area contributed by atoms with Crippen molar-refractivity contribution in [2.75, 3.05) is 19.1 Å². The summed E-state index contributed by atoms with van der Waals surface area (Å²) in [4.78, 5) is 4.23. The molecule has 1 aromatic carbocycles. The van der Waals surface area contributed by atoms with Crippen LogP contribution in [-0.2, 0) is 16.4 Å². The first-order valence-corrected chi connectivity index (χ1v) is 11.0. The monoisotopic (exact) mass is 519 g/mol. The van der Waals surface area contributed by atoms with E-state index in [2.05, 4.69) is 26.8 Å². The smallest absolute Gasteiger partial charge is 0.191 e. The molecule has 0 saturated carbocycles. The number of guanidine groups is 1. The molecule has 9 heteroatoms. The molecule has 0 aliphatic heterocycles. The summed E-state index contributed by atoms with van der Waals surface area (Å²) in [6.45, 7) is 6.54. The van der Waals surface area contributed by atoms with Crippen LogP contribution >= 0.6 is 24.0 Å². The lowest BCUT2D eigenvalue weighted by atomic mass is 10.1. The summed E-state index contributed by atoms with van der Waals surface area (Å²) in [6, 6.07) is 10.1. The first kappa shape index (κ1) is 24.4. The van der Waals surface area contributed by atoms with Gasteiger partial charge in [-0.05, 0) is 44.9 Å². The van der Waals surface area contributed by atoms with Crippen LogP contribution in [0, 0.1) is 13.8 Å². The highest BCUT2D eigenvalue weighted by Crippen LogP contribution is 2.16. The minimum Gasteiger partial charge on any atom is -0.354 e. The van der Waals surface area contributed by atoms with E-state index < -0.39 is 9.84 Å². The van der Waals surface area contributed by atoms with E-state index in [-0.39, 0.29) is 35.8 Å². The van der Waals surface area contributed by atoms with Gasteiger partial charge in [0, 0.05) is 31.6 Å². The van der Waals surface area contributed by atoms with Gasteiger partial charge in [0.15, 0.2) is 5.96 Å². The van der Waals surface area contributed by atoms with Crippen LogP contribution in [-0.4, -0.2) is 49.3 Å². The van der Waals surface area contributed by atoms with Crippen molar-refractivity contribution >= 4 is 39.8 Å². The number of sulfone groups is 1. The quantitative estimate of drug-likeness (QED) is 0.334. The summed E-state index contributed by atoms with van der Waals surface area (Å²) >= 11 is 0. The lowest BCUT2D eigenvalue weighted by Gasteiger charge is -2.18. The van der Waals surface area contributed by atoms with Gasteiger partial charge in [-0.25, -0.2) is 13.1 Å². The standard InChI is InChI=1S/C19H29N5O2S.HI/c1-14(10-11-27(5,25)26)22-19(20-4)21-13-17-8-6-7-9-18(17)24-16(3)12-15(2)23-24;/h6-9,12,14H,10-11,13H2,1-5H3,(H2,20,21,22);1H. The van der Waals surface area contributed by atoms with E-state index in [1.54, 1.807) is 7.05 Å². The number of nitrogens with zero attached hydrogens (tertiary/aromatic N) is 3. The zero-order valence-electron chi connectivity index (χ0n) is 17.1. The van der Waals surface area contributed by atoms with Crippen LogP contribution in [0.1, 0.15) is 30.3 Å². The van der Waals surface area contributed by atoms with Gasteiger partial charge in [-0.3, -0.25) is 4.99 Å². The molecule has 1 aromatic heterocycles. The molecule has 7 nitrogen and oxygen atoms in total. The van der Waals surface area contributed by atoms with E-state index in [1.807, 2.05) is 49.7 Å². The number of nitrogens with one attached hydrogen (secondary N) is 2. The fourth-order valence-electron chi connectivity index (χ4n) is 2.81. The number of para-hydroxylation sites is 1. The predicted octanol–water partition coefficient (Wildman–Crippen LogP) is 2.60. The predicted molar refractivity (Wildman–Crippen MR) is 126 cm³/mol. The van der Waals surface area contributed by atoms with Gasteiger partial charge in [-0.1, -0.05) is 18.2 Å². The van der Waals surface area contributed by atoms with Crippen LogP contribution in [0.5, 0.6) is 0 Å². The van der Waals surface area contributed by atoms with E-state index in [4.69, 9.17) is 0 Å². The zero-order chi connectivity index (χ0) is 20.0. The van der Waals surface area contributed by atoms with Crippen LogP contribution in [0.25, 0.3) is 5.69 Å². The molecule has 1 atom stereocenters. The molecule has 0 amide bonds. The van der Waals surface area contributed by atoms with Crippen LogP contribution < -0.4 is 10.6 Å². The van der Waals surface area contributed by atoms with Crippen molar-refractivity contribution in [3.05, 3.63) is 47.3 Å². The van der Waals surface area contributed by atoms with Crippen LogP contribution in [0.15, 0.2) is 35.3 Å². The van der Waals surface area contributed by atoms with E-state index in [9.17, 15) is 8.42 Å². The number of aromatic nitrogens is 2. The number of hydrogen-bond acceptors (Lipinski definition) is 4. The van der Waals surface area contributed by atoms with Crippen LogP contribution in [0.3, 0.4) is 0 Å². The fourth-order valence-corrected chi connectivity index (χ4v) is 3.59. The van der Waals surface area contributed by atoms with Gasteiger partial charge >= 0.3 is 0 Å². The normalized spacial score (nSPS) is 13.0. The molecule has 0 fully saturated rings. The van der Waals surface area contributed by atoms with Crippen molar-refractivity contribution in [2.24, 2.45) is 4.99 Å². The molecule has 1 heterocycles. The van der Waals surface area contributed by atoms with Crippen LogP contribution in [0.2, 0.25) is 0 Å². The van der Waals surface area contributed by atoms with Gasteiger partial charge in [0.1, 0.15) is 9.84 Å².